The SMILES string of the molecule is Cc1nc2nonc2c(N)c1Cc1ccc(S(C)=O)c(=O)[nH]1. The predicted octanol–water partition coefficient (Wildman–Crippen LogP) is 0.525. The Bertz CT molecular complexity index is 946. The number of rotatable bonds is 3. The third-order valence-corrected chi connectivity index (χ3v) is 4.31. The van der Waals surface area contributed by atoms with Crippen molar-refractivity contribution in [3.8, 4) is 0 Å². The summed E-state index contributed by atoms with van der Waals surface area (Å²) < 4.78 is 16.0. The van der Waals surface area contributed by atoms with Gasteiger partial charge in [0.05, 0.1) is 16.5 Å². The highest BCUT2D eigenvalue weighted by atomic mass is 32.2. The van der Waals surface area contributed by atoms with Crippen LogP contribution in [0.1, 0.15) is 17.0 Å². The number of nitrogens with one attached hydrogen (secondary N) is 1. The number of hydrogen-bond donors (Lipinski definition) is 2. The number of aryl methyl sites for hydroxylation is 1. The Kier molecular flexibility index (Phi) is 3.49. The normalized spacial score (nSPS) is 12.6. The van der Waals surface area contributed by atoms with Gasteiger partial charge in [0.2, 0.25) is 5.65 Å². The molecule has 0 amide bonds. The van der Waals surface area contributed by atoms with E-state index in [9.17, 15) is 9.00 Å². The Morgan fingerprint density at radius 1 is 1.36 bits per heavy atom. The molecule has 3 heterocycles. The Morgan fingerprint density at radius 3 is 2.82 bits per heavy atom. The van der Waals surface area contributed by atoms with Crippen LogP contribution in [0.5, 0.6) is 0 Å². The summed E-state index contributed by atoms with van der Waals surface area (Å²) >= 11 is 0. The van der Waals surface area contributed by atoms with Crippen molar-refractivity contribution in [2.45, 2.75) is 18.2 Å². The van der Waals surface area contributed by atoms with Crippen molar-refractivity contribution in [2.75, 3.05) is 12.0 Å². The molecule has 0 spiro atoms. The third-order valence-electron chi connectivity index (χ3n) is 3.37. The minimum Gasteiger partial charge on any atom is -0.396 e. The zero-order valence-electron chi connectivity index (χ0n) is 11.9. The fraction of sp³-hybridized carbons (Fsp3) is 0.231. The van der Waals surface area contributed by atoms with Crippen LogP contribution >= 0.6 is 0 Å². The second kappa shape index (κ2) is 5.34. The average Bonchev–Trinajstić information content (AvgIpc) is 2.91. The Labute approximate surface area is 127 Å². The number of pyridine rings is 2. The predicted molar refractivity (Wildman–Crippen MR) is 80.9 cm³/mol. The Morgan fingerprint density at radius 2 is 2.14 bits per heavy atom. The maximum atomic E-state index is 11.9. The van der Waals surface area contributed by atoms with Crippen molar-refractivity contribution in [2.24, 2.45) is 0 Å². The topological polar surface area (TPSA) is 128 Å². The summed E-state index contributed by atoms with van der Waals surface area (Å²) in [6, 6.07) is 3.27. The van der Waals surface area contributed by atoms with Crippen LogP contribution in [0.4, 0.5) is 5.69 Å². The highest BCUT2D eigenvalue weighted by molar-refractivity contribution is 7.84. The van der Waals surface area contributed by atoms with Gasteiger partial charge in [-0.3, -0.25) is 9.00 Å². The van der Waals surface area contributed by atoms with Crippen LogP contribution in [-0.4, -0.2) is 30.7 Å². The van der Waals surface area contributed by atoms with Gasteiger partial charge < -0.3 is 10.7 Å². The molecule has 1 atom stereocenters. The Balaban J connectivity index is 2.05. The fourth-order valence-electron chi connectivity index (χ4n) is 2.24. The molecular formula is C13H13N5O3S. The maximum Gasteiger partial charge on any atom is 0.264 e. The van der Waals surface area contributed by atoms with Crippen molar-refractivity contribution in [1.29, 1.82) is 0 Å². The molecular weight excluding hydrogens is 306 g/mol. The lowest BCUT2D eigenvalue weighted by Gasteiger charge is -2.09. The van der Waals surface area contributed by atoms with E-state index in [0.717, 1.165) is 5.56 Å². The fourth-order valence-corrected chi connectivity index (χ4v) is 2.81. The number of aromatic nitrogens is 4. The van der Waals surface area contributed by atoms with Crippen LogP contribution in [0.25, 0.3) is 11.2 Å². The van der Waals surface area contributed by atoms with E-state index in [1.54, 1.807) is 19.1 Å². The van der Waals surface area contributed by atoms with E-state index in [2.05, 4.69) is 24.9 Å². The highest BCUT2D eigenvalue weighted by Crippen LogP contribution is 2.24. The van der Waals surface area contributed by atoms with Gasteiger partial charge in [-0.1, -0.05) is 0 Å². The Hall–Kier alpha value is -2.55. The smallest absolute Gasteiger partial charge is 0.264 e. The van der Waals surface area contributed by atoms with E-state index < -0.39 is 10.8 Å². The molecule has 1 unspecified atom stereocenters. The molecule has 8 nitrogen and oxygen atoms in total. The molecule has 0 aliphatic rings. The molecule has 22 heavy (non-hydrogen) atoms. The number of nitrogen functional groups attached to an aromatic ring is 1. The van der Waals surface area contributed by atoms with Crippen molar-refractivity contribution < 1.29 is 8.84 Å². The summed E-state index contributed by atoms with van der Waals surface area (Å²) in [5.74, 6) is 0. The molecule has 3 rings (SSSR count). The van der Waals surface area contributed by atoms with E-state index in [4.69, 9.17) is 5.73 Å². The van der Waals surface area contributed by atoms with Crippen LogP contribution in [0.2, 0.25) is 0 Å². The van der Waals surface area contributed by atoms with Gasteiger partial charge in [0.25, 0.3) is 5.56 Å². The van der Waals surface area contributed by atoms with Gasteiger partial charge in [0.1, 0.15) is 4.90 Å². The van der Waals surface area contributed by atoms with Crippen molar-refractivity contribution >= 4 is 27.7 Å². The first kappa shape index (κ1) is 14.4. The summed E-state index contributed by atoms with van der Waals surface area (Å²) in [6.45, 7) is 1.80. The minimum atomic E-state index is -1.33. The van der Waals surface area contributed by atoms with Gasteiger partial charge >= 0.3 is 0 Å². The van der Waals surface area contributed by atoms with E-state index in [1.807, 2.05) is 0 Å². The summed E-state index contributed by atoms with van der Waals surface area (Å²) in [4.78, 5) is 19.1. The van der Waals surface area contributed by atoms with Crippen LogP contribution in [-0.2, 0) is 17.2 Å². The van der Waals surface area contributed by atoms with Crippen molar-refractivity contribution in [3.63, 3.8) is 0 Å². The van der Waals surface area contributed by atoms with E-state index in [-0.39, 0.29) is 10.5 Å². The number of H-pyrrole nitrogens is 1. The second-order valence-corrected chi connectivity index (χ2v) is 6.18. The number of fused-ring (bicyclic) bond motifs is 1. The zero-order valence-corrected chi connectivity index (χ0v) is 12.7. The third kappa shape index (κ3) is 2.39. The first-order valence-corrected chi connectivity index (χ1v) is 7.96. The van der Waals surface area contributed by atoms with Gasteiger partial charge in [-0.25, -0.2) is 9.61 Å². The van der Waals surface area contributed by atoms with Crippen LogP contribution in [0, 0.1) is 6.92 Å². The molecule has 0 aromatic carbocycles. The lowest BCUT2D eigenvalue weighted by atomic mass is 10.1. The number of hydrogen-bond acceptors (Lipinski definition) is 7. The highest BCUT2D eigenvalue weighted by Gasteiger charge is 2.15. The monoisotopic (exact) mass is 319 g/mol. The van der Waals surface area contributed by atoms with Gasteiger partial charge in [-0.2, -0.15) is 0 Å². The van der Waals surface area contributed by atoms with E-state index in [0.29, 0.717) is 34.7 Å². The van der Waals surface area contributed by atoms with Gasteiger partial charge in [0, 0.05) is 29.6 Å². The molecule has 3 N–H and O–H groups in total. The summed E-state index contributed by atoms with van der Waals surface area (Å²) in [6.07, 6.45) is 1.83. The summed E-state index contributed by atoms with van der Waals surface area (Å²) in [7, 11) is -1.33. The number of aromatic amines is 1. The van der Waals surface area contributed by atoms with Gasteiger partial charge in [-0.05, 0) is 29.4 Å². The van der Waals surface area contributed by atoms with Crippen LogP contribution in [0.3, 0.4) is 0 Å². The zero-order chi connectivity index (χ0) is 15.9. The van der Waals surface area contributed by atoms with Crippen LogP contribution < -0.4 is 11.3 Å². The molecule has 0 aliphatic heterocycles. The standard InChI is InChI=1S/C13H13N5O3S/c1-6-8(10(14)11-12(15-6)18-21-17-11)5-7-3-4-9(22(2)20)13(19)16-7/h3-4H,5,14H2,1-2H3,(H,16,19). The lowest BCUT2D eigenvalue weighted by Crippen LogP contribution is -2.15. The van der Waals surface area contributed by atoms with Crippen molar-refractivity contribution in [1.82, 2.24) is 20.3 Å². The second-order valence-electron chi connectivity index (χ2n) is 4.83. The van der Waals surface area contributed by atoms with E-state index in [1.165, 1.54) is 6.26 Å². The molecule has 114 valence electrons. The quantitative estimate of drug-likeness (QED) is 0.720. The number of nitrogens with zero attached hydrogens (tertiary/aromatic N) is 3. The summed E-state index contributed by atoms with van der Waals surface area (Å²) in [5, 5.41) is 7.40. The lowest BCUT2D eigenvalue weighted by molar-refractivity contribution is 0.315. The largest absolute Gasteiger partial charge is 0.396 e. The summed E-state index contributed by atoms with van der Waals surface area (Å²) in [5.41, 5.74) is 8.96. The molecule has 0 radical (unpaired) electrons. The first-order chi connectivity index (χ1) is 10.5. The van der Waals surface area contributed by atoms with E-state index >= 15 is 0 Å². The molecule has 0 fully saturated rings. The average molecular weight is 319 g/mol. The molecule has 3 aromatic rings. The van der Waals surface area contributed by atoms with Crippen LogP contribution in [0.15, 0.2) is 26.5 Å². The first-order valence-electron chi connectivity index (χ1n) is 6.40. The van der Waals surface area contributed by atoms with Crippen molar-refractivity contribution in [3.05, 3.63) is 39.4 Å². The maximum absolute atomic E-state index is 11.9. The van der Waals surface area contributed by atoms with Gasteiger partial charge in [-0.15, -0.1) is 0 Å². The molecule has 0 saturated heterocycles. The van der Waals surface area contributed by atoms with Gasteiger partial charge in [0.15, 0.2) is 5.52 Å². The molecule has 0 saturated carbocycles. The molecule has 3 aromatic heterocycles. The molecule has 0 aliphatic carbocycles. The minimum absolute atomic E-state index is 0.239. The number of nitrogens with two attached hydrogens (primary N) is 1. The molecule has 9 heteroatoms. The number of anilines is 1. The molecule has 0 bridgehead atoms.